The largest absolute Gasteiger partial charge is 0.0843 e. The van der Waals surface area contributed by atoms with E-state index in [1.54, 1.807) is 0 Å². The first kappa shape index (κ1) is 15.6. The van der Waals surface area contributed by atoms with Gasteiger partial charge in [0.1, 0.15) is 0 Å². The van der Waals surface area contributed by atoms with Crippen molar-refractivity contribution in [2.75, 3.05) is 0 Å². The Kier molecular flexibility index (Phi) is 5.03. The third-order valence-corrected chi connectivity index (χ3v) is 3.55. The van der Waals surface area contributed by atoms with Gasteiger partial charge in [0.2, 0.25) is 0 Å². The van der Waals surface area contributed by atoms with E-state index in [0.717, 1.165) is 16.2 Å². The molecule has 0 bridgehead atoms. The Hall–Kier alpha value is -1.79. The van der Waals surface area contributed by atoms with Gasteiger partial charge in [-0.3, -0.25) is 0 Å². The third kappa shape index (κ3) is 4.91. The fourth-order valence-electron chi connectivity index (χ4n) is 2.03. The minimum atomic E-state index is 0.188. The summed E-state index contributed by atoms with van der Waals surface area (Å²) in [5.74, 6) is 0. The zero-order valence-electron chi connectivity index (χ0n) is 12.8. The number of benzene rings is 2. The second-order valence-electron chi connectivity index (χ2n) is 6.15. The quantitative estimate of drug-likeness (QED) is 0.585. The van der Waals surface area contributed by atoms with E-state index in [1.165, 1.54) is 5.56 Å². The van der Waals surface area contributed by atoms with Gasteiger partial charge in [-0.05, 0) is 34.3 Å². The van der Waals surface area contributed by atoms with Crippen molar-refractivity contribution >= 4 is 23.8 Å². The van der Waals surface area contributed by atoms with Crippen molar-refractivity contribution in [3.63, 3.8) is 0 Å². The topological polar surface area (TPSA) is 0 Å². The molecule has 0 aliphatic carbocycles. The maximum atomic E-state index is 6.24. The van der Waals surface area contributed by atoms with Crippen LogP contribution in [0.1, 0.15) is 37.5 Å². The van der Waals surface area contributed by atoms with Gasteiger partial charge in [-0.2, -0.15) is 0 Å². The van der Waals surface area contributed by atoms with Crippen molar-refractivity contribution in [3.05, 3.63) is 82.4 Å². The van der Waals surface area contributed by atoms with Crippen molar-refractivity contribution in [3.8, 4) is 0 Å². The van der Waals surface area contributed by atoms with Gasteiger partial charge in [-0.15, -0.1) is 0 Å². The van der Waals surface area contributed by atoms with Gasteiger partial charge in [-0.25, -0.2) is 0 Å². The van der Waals surface area contributed by atoms with E-state index in [2.05, 4.69) is 45.0 Å². The SMILES string of the molecule is CC(C)(C)c1ccc(C=CC(Cl)=Cc2ccccc2)cc1. The predicted molar refractivity (Wildman–Crippen MR) is 94.4 cm³/mol. The van der Waals surface area contributed by atoms with E-state index in [9.17, 15) is 0 Å². The molecule has 0 aliphatic rings. The highest BCUT2D eigenvalue weighted by Gasteiger charge is 2.12. The Labute approximate surface area is 132 Å². The van der Waals surface area contributed by atoms with Gasteiger partial charge in [0.25, 0.3) is 0 Å². The number of hydrogen-bond donors (Lipinski definition) is 0. The van der Waals surface area contributed by atoms with Gasteiger partial charge in [0.15, 0.2) is 0 Å². The fourth-order valence-corrected chi connectivity index (χ4v) is 2.22. The molecule has 0 amide bonds. The van der Waals surface area contributed by atoms with Gasteiger partial charge in [0, 0.05) is 5.03 Å². The van der Waals surface area contributed by atoms with Gasteiger partial charge >= 0.3 is 0 Å². The highest BCUT2D eigenvalue weighted by atomic mass is 35.5. The van der Waals surface area contributed by atoms with Gasteiger partial charge in [-0.1, -0.05) is 93.0 Å². The maximum Gasteiger partial charge on any atom is 0.0412 e. The van der Waals surface area contributed by atoms with E-state index in [-0.39, 0.29) is 5.41 Å². The molecule has 0 radical (unpaired) electrons. The monoisotopic (exact) mass is 296 g/mol. The molecule has 0 nitrogen and oxygen atoms in total. The molecule has 2 aromatic carbocycles. The van der Waals surface area contributed by atoms with Crippen LogP contribution in [0.4, 0.5) is 0 Å². The molecule has 2 aromatic rings. The number of rotatable bonds is 3. The molecule has 0 aliphatic heterocycles. The first-order chi connectivity index (χ1) is 9.95. The summed E-state index contributed by atoms with van der Waals surface area (Å²) < 4.78 is 0. The summed E-state index contributed by atoms with van der Waals surface area (Å²) in [6.07, 6.45) is 5.93. The van der Waals surface area contributed by atoms with Crippen LogP contribution in [0, 0.1) is 0 Å². The van der Waals surface area contributed by atoms with Gasteiger partial charge < -0.3 is 0 Å². The molecule has 0 aromatic heterocycles. The lowest BCUT2D eigenvalue weighted by Crippen LogP contribution is -2.10. The average molecular weight is 297 g/mol. The van der Waals surface area contributed by atoms with Crippen LogP contribution in [0.25, 0.3) is 12.2 Å². The zero-order valence-corrected chi connectivity index (χ0v) is 13.6. The summed E-state index contributed by atoms with van der Waals surface area (Å²) in [6, 6.07) is 18.7. The molecule has 0 atom stereocenters. The predicted octanol–water partition coefficient (Wildman–Crippen LogP) is 6.28. The molecule has 2 rings (SSSR count). The highest BCUT2D eigenvalue weighted by Crippen LogP contribution is 2.22. The Balaban J connectivity index is 2.09. The van der Waals surface area contributed by atoms with Crippen LogP contribution in [-0.2, 0) is 5.41 Å². The first-order valence-corrected chi connectivity index (χ1v) is 7.54. The molecule has 21 heavy (non-hydrogen) atoms. The smallest absolute Gasteiger partial charge is 0.0412 e. The van der Waals surface area contributed by atoms with E-state index in [4.69, 9.17) is 11.6 Å². The third-order valence-electron chi connectivity index (χ3n) is 3.32. The van der Waals surface area contributed by atoms with Crippen LogP contribution in [0.2, 0.25) is 0 Å². The number of halogens is 1. The van der Waals surface area contributed by atoms with Crippen LogP contribution in [-0.4, -0.2) is 0 Å². The van der Waals surface area contributed by atoms with E-state index < -0.39 is 0 Å². The summed E-state index contributed by atoms with van der Waals surface area (Å²) in [6.45, 7) is 6.66. The summed E-state index contributed by atoms with van der Waals surface area (Å²) in [5, 5.41) is 0.723. The molecule has 0 saturated carbocycles. The van der Waals surface area contributed by atoms with Crippen molar-refractivity contribution in [2.45, 2.75) is 26.2 Å². The molecular formula is C20H21Cl. The molecule has 0 N–H and O–H groups in total. The van der Waals surface area contributed by atoms with E-state index >= 15 is 0 Å². The molecule has 1 heteroatoms. The van der Waals surface area contributed by atoms with Crippen molar-refractivity contribution in [1.82, 2.24) is 0 Å². The fraction of sp³-hybridized carbons (Fsp3) is 0.200. The molecule has 0 heterocycles. The van der Waals surface area contributed by atoms with Crippen LogP contribution in [0.5, 0.6) is 0 Å². The Morgan fingerprint density at radius 1 is 0.857 bits per heavy atom. The Morgan fingerprint density at radius 2 is 1.48 bits per heavy atom. The maximum absolute atomic E-state index is 6.24. The van der Waals surface area contributed by atoms with Crippen LogP contribution >= 0.6 is 11.6 Å². The standard InChI is InChI=1S/C20H21Cl/c1-20(2,3)18-12-9-16(10-13-18)11-14-19(21)15-17-7-5-4-6-8-17/h4-15H,1-3H3. The molecule has 108 valence electrons. The molecule has 0 unspecified atom stereocenters. The van der Waals surface area contributed by atoms with Crippen LogP contribution in [0.3, 0.4) is 0 Å². The average Bonchev–Trinajstić information content (AvgIpc) is 2.46. The zero-order chi connectivity index (χ0) is 15.3. The molecule has 0 saturated heterocycles. The van der Waals surface area contributed by atoms with Crippen molar-refractivity contribution < 1.29 is 0 Å². The minimum absolute atomic E-state index is 0.188. The van der Waals surface area contributed by atoms with Crippen molar-refractivity contribution in [2.24, 2.45) is 0 Å². The summed E-state index contributed by atoms with van der Waals surface area (Å²) in [4.78, 5) is 0. The molecule has 0 spiro atoms. The highest BCUT2D eigenvalue weighted by molar-refractivity contribution is 6.33. The Bertz CT molecular complexity index is 626. The summed E-state index contributed by atoms with van der Waals surface area (Å²) in [7, 11) is 0. The number of allylic oxidation sites excluding steroid dienone is 2. The lowest BCUT2D eigenvalue weighted by atomic mass is 9.87. The Morgan fingerprint density at radius 3 is 2.05 bits per heavy atom. The molecule has 0 fully saturated rings. The van der Waals surface area contributed by atoms with Crippen LogP contribution < -0.4 is 0 Å². The summed E-state index contributed by atoms with van der Waals surface area (Å²) in [5.41, 5.74) is 3.79. The lowest BCUT2D eigenvalue weighted by Gasteiger charge is -2.18. The van der Waals surface area contributed by atoms with E-state index in [0.29, 0.717) is 0 Å². The van der Waals surface area contributed by atoms with E-state index in [1.807, 2.05) is 48.6 Å². The van der Waals surface area contributed by atoms with Crippen LogP contribution in [0.15, 0.2) is 65.7 Å². The number of hydrogen-bond acceptors (Lipinski definition) is 0. The molecular weight excluding hydrogens is 276 g/mol. The second-order valence-corrected chi connectivity index (χ2v) is 6.58. The summed E-state index contributed by atoms with van der Waals surface area (Å²) >= 11 is 6.24. The second kappa shape index (κ2) is 6.78. The first-order valence-electron chi connectivity index (χ1n) is 7.16. The van der Waals surface area contributed by atoms with Gasteiger partial charge in [0.05, 0.1) is 0 Å². The minimum Gasteiger partial charge on any atom is -0.0843 e. The van der Waals surface area contributed by atoms with Crippen molar-refractivity contribution in [1.29, 1.82) is 0 Å². The lowest BCUT2D eigenvalue weighted by molar-refractivity contribution is 0.590. The normalized spacial score (nSPS) is 12.9.